The minimum atomic E-state index is 0.849. The molecule has 0 radical (unpaired) electrons. The van der Waals surface area contributed by atoms with E-state index in [4.69, 9.17) is 4.42 Å². The van der Waals surface area contributed by atoms with Crippen molar-refractivity contribution < 1.29 is 4.42 Å². The van der Waals surface area contributed by atoms with Crippen LogP contribution in [0, 0.1) is 0 Å². The number of benzene rings is 9. The van der Waals surface area contributed by atoms with Crippen LogP contribution in [0.2, 0.25) is 0 Å². The molecule has 0 saturated heterocycles. The Morgan fingerprint density at radius 3 is 1.45 bits per heavy atom. The van der Waals surface area contributed by atoms with Crippen molar-refractivity contribution in [2.45, 2.75) is 0 Å². The SMILES string of the molecule is c1ccc(N(c2ccc3c(c2)oc2cc(N(c4ccccc4)c4cccc5ccccc45)c4ccccc4c23)c2cccc3ccccc23)cc1. The first-order chi connectivity index (χ1) is 25.3. The molecule has 0 spiro atoms. The van der Waals surface area contributed by atoms with Crippen molar-refractivity contribution in [3.05, 3.63) is 194 Å². The highest BCUT2D eigenvalue weighted by Crippen LogP contribution is 2.47. The van der Waals surface area contributed by atoms with Gasteiger partial charge in [-0.3, -0.25) is 0 Å². The molecule has 3 heteroatoms. The van der Waals surface area contributed by atoms with E-state index >= 15 is 0 Å². The van der Waals surface area contributed by atoms with Crippen molar-refractivity contribution in [2.75, 3.05) is 9.80 Å². The van der Waals surface area contributed by atoms with E-state index in [-0.39, 0.29) is 0 Å². The minimum Gasteiger partial charge on any atom is -0.456 e. The molecule has 10 rings (SSSR count). The molecule has 0 aliphatic rings. The zero-order valence-electron chi connectivity index (χ0n) is 27.8. The van der Waals surface area contributed by atoms with E-state index < -0.39 is 0 Å². The van der Waals surface area contributed by atoms with Gasteiger partial charge >= 0.3 is 0 Å². The highest BCUT2D eigenvalue weighted by molar-refractivity contribution is 6.23. The second-order valence-corrected chi connectivity index (χ2v) is 12.9. The maximum absolute atomic E-state index is 6.91. The first-order valence-electron chi connectivity index (χ1n) is 17.4. The summed E-state index contributed by atoms with van der Waals surface area (Å²) in [5, 5.41) is 9.33. The summed E-state index contributed by atoms with van der Waals surface area (Å²) in [7, 11) is 0. The predicted molar refractivity (Wildman–Crippen MR) is 216 cm³/mol. The van der Waals surface area contributed by atoms with E-state index in [0.717, 1.165) is 66.8 Å². The summed E-state index contributed by atoms with van der Waals surface area (Å²) in [6.07, 6.45) is 0. The van der Waals surface area contributed by atoms with Crippen LogP contribution in [0.15, 0.2) is 199 Å². The Kier molecular flexibility index (Phi) is 6.81. The monoisotopic (exact) mass is 652 g/mol. The number of rotatable bonds is 6. The van der Waals surface area contributed by atoms with E-state index in [1.165, 1.54) is 21.5 Å². The third-order valence-corrected chi connectivity index (χ3v) is 9.98. The zero-order valence-corrected chi connectivity index (χ0v) is 27.8. The summed E-state index contributed by atoms with van der Waals surface area (Å²) in [5.74, 6) is 0. The highest BCUT2D eigenvalue weighted by Gasteiger charge is 2.22. The van der Waals surface area contributed by atoms with Gasteiger partial charge in [0.05, 0.1) is 17.1 Å². The molecule has 10 aromatic rings. The molecule has 0 fully saturated rings. The van der Waals surface area contributed by atoms with Gasteiger partial charge in [0.1, 0.15) is 11.2 Å². The van der Waals surface area contributed by atoms with Gasteiger partial charge in [-0.15, -0.1) is 0 Å². The Hall–Kier alpha value is -6.84. The van der Waals surface area contributed by atoms with Crippen molar-refractivity contribution in [2.24, 2.45) is 0 Å². The summed E-state index contributed by atoms with van der Waals surface area (Å²) in [6.45, 7) is 0. The van der Waals surface area contributed by atoms with E-state index in [9.17, 15) is 0 Å². The van der Waals surface area contributed by atoms with Crippen molar-refractivity contribution in [3.63, 3.8) is 0 Å². The molecule has 1 heterocycles. The van der Waals surface area contributed by atoms with Gasteiger partial charge in [0.2, 0.25) is 0 Å². The lowest BCUT2D eigenvalue weighted by atomic mass is 9.99. The normalized spacial score (nSPS) is 11.5. The third kappa shape index (κ3) is 4.82. The molecule has 0 saturated carbocycles. The number of fused-ring (bicyclic) bond motifs is 7. The van der Waals surface area contributed by atoms with Gasteiger partial charge in [-0.25, -0.2) is 0 Å². The van der Waals surface area contributed by atoms with Gasteiger partial charge in [0.15, 0.2) is 0 Å². The van der Waals surface area contributed by atoms with Crippen molar-refractivity contribution >= 4 is 88.4 Å². The van der Waals surface area contributed by atoms with Crippen LogP contribution in [-0.2, 0) is 0 Å². The van der Waals surface area contributed by atoms with E-state index in [1.807, 2.05) is 0 Å². The van der Waals surface area contributed by atoms with Crippen LogP contribution in [0.1, 0.15) is 0 Å². The standard InChI is InChI=1S/C48H32N2O/c1-3-19-35(20-4-1)49(43-27-13-17-33-15-7-9-23-38(33)43)37-29-30-42-46(31-37)51-47-32-45(40-25-11-12-26-41(40)48(42)47)50(36-21-5-2-6-22-36)44-28-14-18-34-16-8-10-24-39(34)44/h1-32H. The van der Waals surface area contributed by atoms with E-state index in [0.29, 0.717) is 0 Å². The topological polar surface area (TPSA) is 19.6 Å². The molecule has 0 bridgehead atoms. The lowest BCUT2D eigenvalue weighted by molar-refractivity contribution is 0.669. The number of hydrogen-bond acceptors (Lipinski definition) is 3. The second kappa shape index (κ2) is 11.9. The summed E-state index contributed by atoms with van der Waals surface area (Å²) >= 11 is 0. The molecule has 0 N–H and O–H groups in total. The summed E-state index contributed by atoms with van der Waals surface area (Å²) in [4.78, 5) is 4.70. The first kappa shape index (κ1) is 29.1. The van der Waals surface area contributed by atoms with Gasteiger partial charge in [0.25, 0.3) is 0 Å². The van der Waals surface area contributed by atoms with Crippen LogP contribution in [0.4, 0.5) is 34.1 Å². The Balaban J connectivity index is 1.22. The maximum Gasteiger partial charge on any atom is 0.138 e. The van der Waals surface area contributed by atoms with Crippen LogP contribution in [-0.4, -0.2) is 0 Å². The zero-order chi connectivity index (χ0) is 33.7. The lowest BCUT2D eigenvalue weighted by Crippen LogP contribution is -2.11. The molecule has 240 valence electrons. The average molecular weight is 653 g/mol. The van der Waals surface area contributed by atoms with Crippen LogP contribution in [0.5, 0.6) is 0 Å². The molecule has 1 aromatic heterocycles. The Labute approximate surface area is 295 Å². The fraction of sp³-hybridized carbons (Fsp3) is 0. The molecule has 3 nitrogen and oxygen atoms in total. The van der Waals surface area contributed by atoms with Crippen LogP contribution >= 0.6 is 0 Å². The molecule has 0 atom stereocenters. The number of nitrogens with zero attached hydrogens (tertiary/aromatic N) is 2. The molecular formula is C48H32N2O. The predicted octanol–water partition coefficient (Wildman–Crippen LogP) is 14.0. The second-order valence-electron chi connectivity index (χ2n) is 12.9. The third-order valence-electron chi connectivity index (χ3n) is 9.98. The van der Waals surface area contributed by atoms with Crippen molar-refractivity contribution in [3.8, 4) is 0 Å². The van der Waals surface area contributed by atoms with Crippen molar-refractivity contribution in [1.29, 1.82) is 0 Å². The van der Waals surface area contributed by atoms with Gasteiger partial charge in [-0.1, -0.05) is 133 Å². The smallest absolute Gasteiger partial charge is 0.138 e. The molecular weight excluding hydrogens is 621 g/mol. The maximum atomic E-state index is 6.91. The van der Waals surface area contributed by atoms with E-state index in [2.05, 4.69) is 204 Å². The van der Waals surface area contributed by atoms with Crippen LogP contribution in [0.25, 0.3) is 54.3 Å². The number of anilines is 6. The molecule has 0 aliphatic heterocycles. The van der Waals surface area contributed by atoms with E-state index in [1.54, 1.807) is 0 Å². The Bertz CT molecular complexity index is 2870. The summed E-state index contributed by atoms with van der Waals surface area (Å²) in [6, 6.07) is 69.0. The summed E-state index contributed by atoms with van der Waals surface area (Å²) in [5.41, 5.74) is 8.23. The molecule has 51 heavy (non-hydrogen) atoms. The number of furan rings is 1. The quantitative estimate of drug-likeness (QED) is 0.178. The van der Waals surface area contributed by atoms with Crippen molar-refractivity contribution in [1.82, 2.24) is 0 Å². The molecule has 0 aliphatic carbocycles. The Morgan fingerprint density at radius 1 is 0.294 bits per heavy atom. The van der Waals surface area contributed by atoms with Crippen LogP contribution < -0.4 is 9.80 Å². The molecule has 0 unspecified atom stereocenters. The largest absolute Gasteiger partial charge is 0.456 e. The number of hydrogen-bond donors (Lipinski definition) is 0. The highest BCUT2D eigenvalue weighted by atomic mass is 16.3. The number of para-hydroxylation sites is 2. The molecule has 9 aromatic carbocycles. The van der Waals surface area contributed by atoms with Crippen LogP contribution in [0.3, 0.4) is 0 Å². The first-order valence-corrected chi connectivity index (χ1v) is 17.4. The van der Waals surface area contributed by atoms with Gasteiger partial charge in [-0.05, 0) is 64.7 Å². The summed E-state index contributed by atoms with van der Waals surface area (Å²) < 4.78 is 6.91. The Morgan fingerprint density at radius 2 is 0.804 bits per heavy atom. The average Bonchev–Trinajstić information content (AvgIpc) is 3.57. The van der Waals surface area contributed by atoms with Gasteiger partial charge in [0, 0.05) is 56.1 Å². The van der Waals surface area contributed by atoms with Gasteiger partial charge < -0.3 is 14.2 Å². The fourth-order valence-corrected chi connectivity index (χ4v) is 7.73. The minimum absolute atomic E-state index is 0.849. The van der Waals surface area contributed by atoms with Gasteiger partial charge in [-0.2, -0.15) is 0 Å². The molecule has 0 amide bonds. The fourth-order valence-electron chi connectivity index (χ4n) is 7.73. The lowest BCUT2D eigenvalue weighted by Gasteiger charge is -2.28.